The number of ketones is 2. The molecule has 0 unspecified atom stereocenters. The maximum atomic E-state index is 13.3. The molecule has 4 aromatic carbocycles. The van der Waals surface area contributed by atoms with Crippen LogP contribution in [0.25, 0.3) is 0 Å². The van der Waals surface area contributed by atoms with E-state index < -0.39 is 40.2 Å². The van der Waals surface area contributed by atoms with Gasteiger partial charge in [-0.1, -0.05) is 99.6 Å². The number of aliphatic hydroxyl groups is 1. The van der Waals surface area contributed by atoms with Crippen LogP contribution in [0.3, 0.4) is 0 Å². The van der Waals surface area contributed by atoms with Crippen molar-refractivity contribution in [3.63, 3.8) is 0 Å². The van der Waals surface area contributed by atoms with Gasteiger partial charge in [0, 0.05) is 35.0 Å². The maximum absolute atomic E-state index is 13.3. The molecule has 74 heavy (non-hydrogen) atoms. The first-order valence-electron chi connectivity index (χ1n) is 25.3. The number of carboxylic acid groups (broad SMARTS) is 1. The predicted octanol–water partition coefficient (Wildman–Crippen LogP) is 13.3. The van der Waals surface area contributed by atoms with Gasteiger partial charge < -0.3 is 25.0 Å². The molecule has 1 saturated heterocycles. The van der Waals surface area contributed by atoms with E-state index in [1.54, 1.807) is 43.3 Å². The van der Waals surface area contributed by atoms with E-state index in [4.69, 9.17) is 4.52 Å². The molecule has 1 amide bonds. The Kier molecular flexibility index (Phi) is 16.8. The lowest BCUT2D eigenvalue weighted by atomic mass is 9.65. The van der Waals surface area contributed by atoms with E-state index in [0.29, 0.717) is 58.6 Å². The number of alkyl halides is 3. The Morgan fingerprint density at radius 2 is 1.42 bits per heavy atom. The third-order valence-corrected chi connectivity index (χ3v) is 16.0. The number of allylic oxidation sites excluding steroid dienone is 2. The number of hydrogen-bond donors (Lipinski definition) is 3. The largest absolute Gasteiger partial charge is 0.504 e. The molecule has 0 bridgehead atoms. The van der Waals surface area contributed by atoms with Gasteiger partial charge in [-0.05, 0) is 148 Å². The molecule has 9 rings (SSSR count). The maximum Gasteiger partial charge on any atom is 0.416 e. The van der Waals surface area contributed by atoms with E-state index in [9.17, 15) is 52.2 Å². The van der Waals surface area contributed by atoms with Crippen molar-refractivity contribution in [2.45, 2.75) is 122 Å². The van der Waals surface area contributed by atoms with E-state index in [2.05, 4.69) is 42.2 Å². The Hall–Kier alpha value is -6.92. The van der Waals surface area contributed by atoms with Crippen LogP contribution in [0.15, 0.2) is 125 Å². The van der Waals surface area contributed by atoms with Gasteiger partial charge >= 0.3 is 12.1 Å². The number of aliphatic hydroxyl groups excluding tert-OH is 1. The van der Waals surface area contributed by atoms with Gasteiger partial charge in [0.2, 0.25) is 5.78 Å². The van der Waals surface area contributed by atoms with E-state index in [-0.39, 0.29) is 34.5 Å². The summed E-state index contributed by atoms with van der Waals surface area (Å²) in [5.74, 6) is -1.03. The lowest BCUT2D eigenvalue weighted by molar-refractivity contribution is -0.149. The lowest BCUT2D eigenvalue weighted by Gasteiger charge is -2.48. The van der Waals surface area contributed by atoms with Crippen molar-refractivity contribution in [2.24, 2.45) is 23.2 Å². The molecule has 3 aliphatic carbocycles. The number of amides is 1. The molecule has 1 aliphatic heterocycles. The fraction of sp³-hybridized carbons (Fsp3) is 0.424. The number of carbonyl (C=O) groups excluding carboxylic acids is 3. The molecule has 5 aromatic rings. The number of aliphatic carboxylic acids is 1. The van der Waals surface area contributed by atoms with Gasteiger partial charge in [0.25, 0.3) is 5.91 Å². The standard InChI is InChI=1S/C26H29FN2O2.C21H26O3.C12H9F3N2O2/c1-19-17-29(16-15-26(19,24(30)31)21-5-3-2-4-6-21)23-11-13-25(18-28,14-12-23)20-7-9-22(27)10-8-20;1-21(2,3)14-10-8-13(9-11-14)12-17-18(22)15-6-4-5-7-16(15)19(23)20(17)24;1-7-10(6-16-19-7)11(18)17-9-4-2-8(3-5-9)12(13,14)15/h2-10,19,23H,11-17H2,1H3,(H,30,31);4-7,13-14,24H,8-12H2,1-3H3;2-6H,1H3,(H,17,18)/t19-,23-,25-,26-;;/m1../s1. The lowest BCUT2D eigenvalue weighted by Crippen LogP contribution is -2.56. The molecular formula is C59H64F4N4O7. The monoisotopic (exact) mass is 1020 g/mol. The highest BCUT2D eigenvalue weighted by Gasteiger charge is 2.50. The molecule has 390 valence electrons. The highest BCUT2D eigenvalue weighted by molar-refractivity contribution is 6.26. The number of hydrogen-bond acceptors (Lipinski definition) is 9. The van der Waals surface area contributed by atoms with Crippen LogP contribution in [0.5, 0.6) is 0 Å². The van der Waals surface area contributed by atoms with Gasteiger partial charge in [-0.15, -0.1) is 0 Å². The zero-order chi connectivity index (χ0) is 53.6. The Labute approximate surface area is 429 Å². The summed E-state index contributed by atoms with van der Waals surface area (Å²) in [4.78, 5) is 51.6. The van der Waals surface area contributed by atoms with Crippen molar-refractivity contribution < 1.29 is 51.5 Å². The summed E-state index contributed by atoms with van der Waals surface area (Å²) < 4.78 is 55.1. The summed E-state index contributed by atoms with van der Waals surface area (Å²) in [6, 6.07) is 29.8. The average Bonchev–Trinajstić information content (AvgIpc) is 3.83. The number of rotatable bonds is 8. The second kappa shape index (κ2) is 22.7. The van der Waals surface area contributed by atoms with Crippen molar-refractivity contribution in [2.75, 3.05) is 18.4 Å². The van der Waals surface area contributed by atoms with Crippen LogP contribution in [-0.4, -0.2) is 62.8 Å². The van der Waals surface area contributed by atoms with Crippen molar-refractivity contribution in [3.05, 3.63) is 166 Å². The summed E-state index contributed by atoms with van der Waals surface area (Å²) in [7, 11) is 0. The number of carbonyl (C=O) groups is 4. The SMILES string of the molecule is CC(C)(C)C1CCC(CC2=C(O)C(=O)c3ccccc3C2=O)CC1.C[C@@H]1CN([C@H]2CC[C@](C#N)(c3ccc(F)cc3)CC2)CC[C@]1(C(=O)O)c1ccccc1.Cc1oncc1C(=O)Nc1ccc(C(F)(F)F)cc1. The second-order valence-corrected chi connectivity index (χ2v) is 21.4. The molecule has 0 radical (unpaired) electrons. The molecular weight excluding hydrogens is 953 g/mol. The van der Waals surface area contributed by atoms with Gasteiger partial charge in [0.05, 0.1) is 28.7 Å². The molecule has 4 aliphatic rings. The highest BCUT2D eigenvalue weighted by Crippen LogP contribution is 2.46. The summed E-state index contributed by atoms with van der Waals surface area (Å²) in [6.45, 7) is 11.9. The molecule has 2 heterocycles. The number of aromatic nitrogens is 1. The van der Waals surface area contributed by atoms with Gasteiger partial charge in [0.1, 0.15) is 17.1 Å². The van der Waals surface area contributed by atoms with Crippen LogP contribution < -0.4 is 5.32 Å². The predicted molar refractivity (Wildman–Crippen MR) is 272 cm³/mol. The van der Waals surface area contributed by atoms with Crippen LogP contribution in [0.4, 0.5) is 23.2 Å². The van der Waals surface area contributed by atoms with E-state index in [1.165, 1.54) is 30.5 Å². The van der Waals surface area contributed by atoms with Gasteiger partial charge in [-0.25, -0.2) is 4.39 Å². The van der Waals surface area contributed by atoms with Gasteiger partial charge in [-0.2, -0.15) is 18.4 Å². The molecule has 1 aromatic heterocycles. The third kappa shape index (κ3) is 12.0. The topological polar surface area (TPSA) is 174 Å². The zero-order valence-corrected chi connectivity index (χ0v) is 42.5. The van der Waals surface area contributed by atoms with Crippen LogP contribution in [-0.2, 0) is 21.8 Å². The van der Waals surface area contributed by atoms with Crippen LogP contribution in [0.1, 0.15) is 145 Å². The van der Waals surface area contributed by atoms with Crippen LogP contribution in [0, 0.1) is 47.2 Å². The fourth-order valence-electron chi connectivity index (χ4n) is 11.4. The van der Waals surface area contributed by atoms with Gasteiger partial charge in [0.15, 0.2) is 11.5 Å². The van der Waals surface area contributed by atoms with Crippen LogP contribution in [0.2, 0.25) is 0 Å². The molecule has 3 fully saturated rings. The minimum absolute atomic E-state index is 0.0131. The van der Waals surface area contributed by atoms with E-state index in [1.807, 2.05) is 37.3 Å². The molecule has 15 heteroatoms. The number of benzene rings is 4. The Balaban J connectivity index is 0.000000167. The Bertz CT molecular complexity index is 2870. The molecule has 2 atom stereocenters. The number of fused-ring (bicyclic) bond motifs is 1. The summed E-state index contributed by atoms with van der Waals surface area (Å²) in [5.41, 5.74) is 1.50. The van der Waals surface area contributed by atoms with E-state index in [0.717, 1.165) is 87.7 Å². The minimum atomic E-state index is -4.40. The van der Waals surface area contributed by atoms with Gasteiger partial charge in [-0.3, -0.25) is 19.2 Å². The number of likely N-dealkylation sites (tertiary alicyclic amines) is 1. The van der Waals surface area contributed by atoms with Crippen LogP contribution >= 0.6 is 0 Å². The fourth-order valence-corrected chi connectivity index (χ4v) is 11.4. The van der Waals surface area contributed by atoms with Crippen molar-refractivity contribution in [1.29, 1.82) is 5.26 Å². The smallest absolute Gasteiger partial charge is 0.416 e. The number of nitriles is 1. The number of nitrogens with one attached hydrogen (secondary N) is 1. The van der Waals surface area contributed by atoms with Crippen molar-refractivity contribution in [1.82, 2.24) is 10.1 Å². The molecule has 11 nitrogen and oxygen atoms in total. The quantitative estimate of drug-likeness (QED) is 0.127. The summed E-state index contributed by atoms with van der Waals surface area (Å²) in [6.07, 6.45) is 5.65. The van der Waals surface area contributed by atoms with E-state index >= 15 is 0 Å². The number of halogens is 4. The first-order valence-corrected chi connectivity index (χ1v) is 25.3. The highest BCUT2D eigenvalue weighted by atomic mass is 19.4. The van der Waals surface area contributed by atoms with Crippen molar-refractivity contribution >= 4 is 29.1 Å². The number of aryl methyl sites for hydroxylation is 1. The second-order valence-electron chi connectivity index (χ2n) is 21.4. The zero-order valence-electron chi connectivity index (χ0n) is 42.5. The minimum Gasteiger partial charge on any atom is -0.504 e. The third-order valence-electron chi connectivity index (χ3n) is 16.0. The Morgan fingerprint density at radius 1 is 0.824 bits per heavy atom. The first-order chi connectivity index (χ1) is 35.1. The number of piperidine rings is 1. The number of Topliss-reactive ketones (excluding diaryl/α,β-unsaturated/α-hetero) is 2. The van der Waals surface area contributed by atoms with Crippen molar-refractivity contribution in [3.8, 4) is 6.07 Å². The molecule has 0 spiro atoms. The number of anilines is 1. The summed E-state index contributed by atoms with van der Waals surface area (Å²) in [5, 5.41) is 36.3. The molecule has 2 saturated carbocycles. The number of carboxylic acids is 1. The molecule has 3 N–H and O–H groups in total. The Morgan fingerprint density at radius 3 is 1.95 bits per heavy atom. The average molecular weight is 1020 g/mol. The normalized spacial score (nSPS) is 24.3. The number of nitrogens with zero attached hydrogens (tertiary/aromatic N) is 3. The summed E-state index contributed by atoms with van der Waals surface area (Å²) >= 11 is 0. The first kappa shape index (κ1) is 54.8.